The quantitative estimate of drug-likeness (QED) is 0.482. The summed E-state index contributed by atoms with van der Waals surface area (Å²) in [7, 11) is 1.38. The molecule has 2 amide bonds. The molecule has 8 nitrogen and oxygen atoms in total. The number of hydrogen-bond acceptors (Lipinski definition) is 5. The van der Waals surface area contributed by atoms with Gasteiger partial charge in [-0.3, -0.25) is 14.4 Å². The summed E-state index contributed by atoms with van der Waals surface area (Å²) in [4.78, 5) is 36.2. The summed E-state index contributed by atoms with van der Waals surface area (Å²) in [6.07, 6.45) is 0.854. The normalized spacial score (nSPS) is 10.8. The highest BCUT2D eigenvalue weighted by molar-refractivity contribution is 6.04. The summed E-state index contributed by atoms with van der Waals surface area (Å²) < 4.78 is 6.54. The Morgan fingerprint density at radius 3 is 2.26 bits per heavy atom. The number of nitrogens with one attached hydrogen (secondary N) is 2. The lowest BCUT2D eigenvalue weighted by molar-refractivity contribution is -0.140. The molecule has 0 radical (unpaired) electrons. The van der Waals surface area contributed by atoms with Crippen molar-refractivity contribution in [2.75, 3.05) is 17.7 Å². The van der Waals surface area contributed by atoms with E-state index in [0.717, 1.165) is 22.6 Å². The molecule has 8 heteroatoms. The molecule has 2 aromatic carbocycles. The first-order chi connectivity index (χ1) is 16.2. The summed E-state index contributed by atoms with van der Waals surface area (Å²) in [5.41, 5.74) is 5.33. The Morgan fingerprint density at radius 1 is 1.00 bits per heavy atom. The first kappa shape index (κ1) is 24.7. The molecule has 0 unspecified atom stereocenters. The predicted octanol–water partition coefficient (Wildman–Crippen LogP) is 4.44. The van der Waals surface area contributed by atoms with Gasteiger partial charge >= 0.3 is 5.97 Å². The number of anilines is 2. The van der Waals surface area contributed by atoms with E-state index in [1.54, 1.807) is 36.4 Å². The summed E-state index contributed by atoms with van der Waals surface area (Å²) in [5.74, 6) is -0.736. The lowest BCUT2D eigenvalue weighted by atomic mass is 10.1. The van der Waals surface area contributed by atoms with Gasteiger partial charge in [-0.2, -0.15) is 5.10 Å². The van der Waals surface area contributed by atoms with Gasteiger partial charge in [0.25, 0.3) is 5.91 Å². The van der Waals surface area contributed by atoms with Gasteiger partial charge in [0.2, 0.25) is 5.91 Å². The molecule has 34 heavy (non-hydrogen) atoms. The largest absolute Gasteiger partial charge is 0.469 e. The highest BCUT2D eigenvalue weighted by Gasteiger charge is 2.15. The third kappa shape index (κ3) is 5.89. The first-order valence-corrected chi connectivity index (χ1v) is 11.1. The number of aromatic nitrogens is 2. The van der Waals surface area contributed by atoms with Crippen molar-refractivity contribution in [2.45, 2.75) is 40.5 Å². The number of nitrogens with zero attached hydrogens (tertiary/aromatic N) is 2. The van der Waals surface area contributed by atoms with Crippen molar-refractivity contribution in [3.63, 3.8) is 0 Å². The van der Waals surface area contributed by atoms with Gasteiger partial charge in [0.15, 0.2) is 0 Å². The number of esters is 1. The summed E-state index contributed by atoms with van der Waals surface area (Å²) in [6.45, 7) is 7.51. The van der Waals surface area contributed by atoms with Crippen LogP contribution in [0.1, 0.15) is 47.6 Å². The molecule has 3 aromatic rings. The van der Waals surface area contributed by atoms with Crippen LogP contribution in [0.3, 0.4) is 0 Å². The average molecular weight is 463 g/mol. The van der Waals surface area contributed by atoms with Crippen molar-refractivity contribution in [3.05, 3.63) is 71.0 Å². The van der Waals surface area contributed by atoms with E-state index < -0.39 is 0 Å². The second-order valence-corrected chi connectivity index (χ2v) is 8.36. The molecule has 0 bridgehead atoms. The molecule has 0 atom stereocenters. The average Bonchev–Trinajstić information content (AvgIpc) is 3.10. The van der Waals surface area contributed by atoms with Gasteiger partial charge in [0.1, 0.15) is 0 Å². The topological polar surface area (TPSA) is 102 Å². The number of benzene rings is 2. The zero-order chi connectivity index (χ0) is 24.8. The Bertz CT molecular complexity index is 1200. The van der Waals surface area contributed by atoms with Gasteiger partial charge in [-0.05, 0) is 68.3 Å². The van der Waals surface area contributed by atoms with Gasteiger partial charge in [-0.25, -0.2) is 4.68 Å². The molecular weight excluding hydrogens is 432 g/mol. The predicted molar refractivity (Wildman–Crippen MR) is 131 cm³/mol. The van der Waals surface area contributed by atoms with E-state index in [0.29, 0.717) is 29.8 Å². The molecule has 178 valence electrons. The molecule has 0 spiro atoms. The minimum atomic E-state index is -0.258. The molecule has 3 rings (SSSR count). The number of carbonyl (C=O) groups is 3. The second-order valence-electron chi connectivity index (χ2n) is 8.36. The maximum Gasteiger partial charge on any atom is 0.305 e. The number of ether oxygens (including phenoxy) is 1. The maximum absolute atomic E-state index is 12.7. The van der Waals surface area contributed by atoms with Crippen LogP contribution in [-0.2, 0) is 20.7 Å². The van der Waals surface area contributed by atoms with Gasteiger partial charge in [0, 0.05) is 35.0 Å². The molecule has 0 aliphatic carbocycles. The van der Waals surface area contributed by atoms with Crippen molar-refractivity contribution < 1.29 is 19.1 Å². The van der Waals surface area contributed by atoms with Crippen LogP contribution in [0.5, 0.6) is 0 Å². The van der Waals surface area contributed by atoms with Crippen LogP contribution in [0.15, 0.2) is 48.5 Å². The first-order valence-electron chi connectivity index (χ1n) is 11.1. The van der Waals surface area contributed by atoms with Crippen molar-refractivity contribution in [1.29, 1.82) is 0 Å². The number of hydrogen-bond donors (Lipinski definition) is 2. The molecule has 0 aliphatic rings. The molecule has 1 heterocycles. The number of aryl methyl sites for hydroxylation is 1. The summed E-state index contributed by atoms with van der Waals surface area (Å²) in [5, 5.41) is 10.3. The fourth-order valence-electron chi connectivity index (χ4n) is 3.54. The second kappa shape index (κ2) is 10.8. The van der Waals surface area contributed by atoms with Crippen LogP contribution < -0.4 is 10.6 Å². The Kier molecular flexibility index (Phi) is 7.83. The molecule has 0 aliphatic heterocycles. The van der Waals surface area contributed by atoms with E-state index in [2.05, 4.69) is 15.7 Å². The van der Waals surface area contributed by atoms with Gasteiger partial charge in [0.05, 0.1) is 18.5 Å². The van der Waals surface area contributed by atoms with E-state index in [-0.39, 0.29) is 23.7 Å². The van der Waals surface area contributed by atoms with E-state index in [1.807, 2.05) is 44.5 Å². The smallest absolute Gasteiger partial charge is 0.305 e. The SMILES string of the molecule is COC(=O)CCc1c(C)nn(-c2ccc(C(=O)Nc3cccc(NC(=O)C(C)C)c3)cc2)c1C. The molecule has 2 N–H and O–H groups in total. The van der Waals surface area contributed by atoms with Crippen molar-refractivity contribution in [2.24, 2.45) is 5.92 Å². The number of carbonyl (C=O) groups excluding carboxylic acids is 3. The lowest BCUT2D eigenvalue weighted by Gasteiger charge is -2.11. The Labute approximate surface area is 199 Å². The molecular formula is C26H30N4O4. The van der Waals surface area contributed by atoms with Crippen molar-refractivity contribution in [1.82, 2.24) is 9.78 Å². The zero-order valence-electron chi connectivity index (χ0n) is 20.1. The fourth-order valence-corrected chi connectivity index (χ4v) is 3.54. The Morgan fingerprint density at radius 2 is 1.65 bits per heavy atom. The zero-order valence-corrected chi connectivity index (χ0v) is 20.1. The Hall–Kier alpha value is -3.94. The van der Waals surface area contributed by atoms with Crippen LogP contribution in [0.2, 0.25) is 0 Å². The molecule has 0 saturated heterocycles. The van der Waals surface area contributed by atoms with Gasteiger partial charge in [-0.1, -0.05) is 19.9 Å². The van der Waals surface area contributed by atoms with E-state index in [1.165, 1.54) is 7.11 Å². The third-order valence-corrected chi connectivity index (χ3v) is 5.53. The minimum absolute atomic E-state index is 0.0864. The highest BCUT2D eigenvalue weighted by Crippen LogP contribution is 2.21. The standard InChI is InChI=1S/C26H30N4O4/c1-16(2)25(32)27-20-7-6-8-21(15-20)28-26(33)19-9-11-22(12-10-19)30-18(4)23(17(3)29-30)13-14-24(31)34-5/h6-12,15-16H,13-14H2,1-5H3,(H,27,32)(H,28,33). The van der Waals surface area contributed by atoms with Crippen LogP contribution in [0.25, 0.3) is 5.69 Å². The third-order valence-electron chi connectivity index (χ3n) is 5.53. The van der Waals surface area contributed by atoms with Crippen LogP contribution in [-0.4, -0.2) is 34.7 Å². The monoisotopic (exact) mass is 462 g/mol. The number of methoxy groups -OCH3 is 1. The van der Waals surface area contributed by atoms with E-state index in [4.69, 9.17) is 4.74 Å². The van der Waals surface area contributed by atoms with Crippen LogP contribution in [0.4, 0.5) is 11.4 Å². The van der Waals surface area contributed by atoms with E-state index in [9.17, 15) is 14.4 Å². The Balaban J connectivity index is 1.71. The molecule has 0 fully saturated rings. The van der Waals surface area contributed by atoms with Gasteiger partial charge in [-0.15, -0.1) is 0 Å². The summed E-state index contributed by atoms with van der Waals surface area (Å²) >= 11 is 0. The van der Waals surface area contributed by atoms with Crippen LogP contribution in [0, 0.1) is 19.8 Å². The number of amides is 2. The lowest BCUT2D eigenvalue weighted by Crippen LogP contribution is -2.18. The van der Waals surface area contributed by atoms with Crippen molar-refractivity contribution in [3.8, 4) is 5.69 Å². The molecule has 0 saturated carbocycles. The summed E-state index contributed by atoms with van der Waals surface area (Å²) in [6, 6.07) is 14.2. The van der Waals surface area contributed by atoms with Gasteiger partial charge < -0.3 is 15.4 Å². The number of rotatable bonds is 8. The van der Waals surface area contributed by atoms with E-state index >= 15 is 0 Å². The maximum atomic E-state index is 12.7. The van der Waals surface area contributed by atoms with Crippen molar-refractivity contribution >= 4 is 29.2 Å². The minimum Gasteiger partial charge on any atom is -0.469 e. The van der Waals surface area contributed by atoms with Crippen LogP contribution >= 0.6 is 0 Å². The molecule has 1 aromatic heterocycles. The fraction of sp³-hybridized carbons (Fsp3) is 0.308. The highest BCUT2D eigenvalue weighted by atomic mass is 16.5.